The highest BCUT2D eigenvalue weighted by Crippen LogP contribution is 2.34. The molecular formula is C23H22BrN3O8. The number of methoxy groups -OCH3 is 1. The van der Waals surface area contributed by atoms with Crippen LogP contribution in [0, 0.1) is 13.8 Å². The van der Waals surface area contributed by atoms with Crippen LogP contribution in [0.15, 0.2) is 44.4 Å². The normalized spacial score (nSPS) is 13.9. The van der Waals surface area contributed by atoms with Crippen LogP contribution in [0.3, 0.4) is 0 Å². The van der Waals surface area contributed by atoms with Crippen molar-refractivity contribution in [1.29, 1.82) is 0 Å². The molecule has 1 N–H and O–H groups in total. The van der Waals surface area contributed by atoms with Crippen LogP contribution in [-0.2, 0) is 14.2 Å². The Morgan fingerprint density at radius 2 is 1.83 bits per heavy atom. The fourth-order valence-electron chi connectivity index (χ4n) is 3.49. The first-order valence-electron chi connectivity index (χ1n) is 10.5. The molecule has 0 unspecified atom stereocenters. The van der Waals surface area contributed by atoms with Gasteiger partial charge in [-0.15, -0.1) is 0 Å². The molecule has 2 aromatic carbocycles. The maximum atomic E-state index is 12.5. The van der Waals surface area contributed by atoms with Gasteiger partial charge in [-0.2, -0.15) is 9.78 Å². The minimum absolute atomic E-state index is 0.103. The number of halogens is 1. The molecule has 1 saturated heterocycles. The number of carbonyl (C=O) groups excluding carboxylic acids is 1. The van der Waals surface area contributed by atoms with E-state index in [-0.39, 0.29) is 20.0 Å². The predicted octanol–water partition coefficient (Wildman–Crippen LogP) is 2.63. The number of rotatable bonds is 6. The van der Waals surface area contributed by atoms with Crippen molar-refractivity contribution in [3.63, 3.8) is 0 Å². The molecule has 0 bridgehead atoms. The molecule has 0 saturated carbocycles. The Hall–Kier alpha value is -3.48. The van der Waals surface area contributed by atoms with Gasteiger partial charge in [0.2, 0.25) is 5.69 Å². The number of aromatic nitrogens is 3. The number of aryl methyl sites for hydroxylation is 2. The summed E-state index contributed by atoms with van der Waals surface area (Å²) in [7, 11) is 1.57. The molecule has 4 rings (SSSR count). The number of hydrogen-bond acceptors (Lipinski definition) is 9. The highest BCUT2D eigenvalue weighted by atomic mass is 79.9. The van der Waals surface area contributed by atoms with Crippen molar-refractivity contribution in [1.82, 2.24) is 14.8 Å². The third kappa shape index (κ3) is 5.45. The Kier molecular flexibility index (Phi) is 7.34. The topological polar surface area (TPSA) is 131 Å². The van der Waals surface area contributed by atoms with Crippen molar-refractivity contribution in [2.24, 2.45) is 0 Å². The standard InChI is InChI=1S/C23H22BrN3O8/c1-12-6-14(7-13(2)20(12)34-15-4-5-18(31-3)17(24)8-15)27-23(30)25-21(28)19(26-27)22(29)35-16-9-32-11-33-10-16/h4-8,16H,9-11H2,1-3H3,(H,25,28,30). The number of aromatic amines is 1. The molecule has 1 aliphatic heterocycles. The Labute approximate surface area is 207 Å². The van der Waals surface area contributed by atoms with Gasteiger partial charge in [-0.1, -0.05) is 0 Å². The van der Waals surface area contributed by atoms with E-state index < -0.39 is 29.0 Å². The zero-order valence-corrected chi connectivity index (χ0v) is 20.7. The molecule has 1 aliphatic rings. The maximum Gasteiger partial charge on any atom is 0.365 e. The summed E-state index contributed by atoms with van der Waals surface area (Å²) < 4.78 is 28.3. The molecule has 0 aliphatic carbocycles. The molecule has 3 aromatic rings. The van der Waals surface area contributed by atoms with Crippen molar-refractivity contribution >= 4 is 21.9 Å². The number of hydrogen-bond donors (Lipinski definition) is 1. The van der Waals surface area contributed by atoms with Crippen LogP contribution in [0.1, 0.15) is 21.6 Å². The quantitative estimate of drug-likeness (QED) is 0.462. The van der Waals surface area contributed by atoms with Crippen molar-refractivity contribution in [3.05, 3.63) is 72.5 Å². The maximum absolute atomic E-state index is 12.5. The zero-order valence-electron chi connectivity index (χ0n) is 19.1. The van der Waals surface area contributed by atoms with Crippen LogP contribution < -0.4 is 20.7 Å². The Morgan fingerprint density at radius 3 is 2.46 bits per heavy atom. The van der Waals surface area contributed by atoms with Gasteiger partial charge in [0.25, 0.3) is 5.56 Å². The Morgan fingerprint density at radius 1 is 1.14 bits per heavy atom. The third-order valence-electron chi connectivity index (χ3n) is 5.10. The summed E-state index contributed by atoms with van der Waals surface area (Å²) in [5.74, 6) is 0.844. The summed E-state index contributed by atoms with van der Waals surface area (Å²) in [6.45, 7) is 3.98. The van der Waals surface area contributed by atoms with Crippen LogP contribution in [0.2, 0.25) is 0 Å². The smallest absolute Gasteiger partial charge is 0.365 e. The van der Waals surface area contributed by atoms with E-state index in [2.05, 4.69) is 26.0 Å². The minimum Gasteiger partial charge on any atom is -0.496 e. The van der Waals surface area contributed by atoms with Gasteiger partial charge in [-0.05, 0) is 71.2 Å². The predicted molar refractivity (Wildman–Crippen MR) is 127 cm³/mol. The summed E-state index contributed by atoms with van der Waals surface area (Å²) in [4.78, 5) is 39.4. The molecule has 2 heterocycles. The molecule has 35 heavy (non-hydrogen) atoms. The summed E-state index contributed by atoms with van der Waals surface area (Å²) in [6.07, 6.45) is -0.684. The van der Waals surface area contributed by atoms with Gasteiger partial charge in [-0.25, -0.2) is 9.59 Å². The van der Waals surface area contributed by atoms with E-state index in [1.54, 1.807) is 51.3 Å². The lowest BCUT2D eigenvalue weighted by Gasteiger charge is -2.22. The average Bonchev–Trinajstić information content (AvgIpc) is 2.82. The van der Waals surface area contributed by atoms with Gasteiger partial charge >= 0.3 is 11.7 Å². The highest BCUT2D eigenvalue weighted by Gasteiger charge is 2.24. The van der Waals surface area contributed by atoms with Crippen LogP contribution in [0.4, 0.5) is 0 Å². The number of ether oxygens (including phenoxy) is 5. The highest BCUT2D eigenvalue weighted by molar-refractivity contribution is 9.10. The van der Waals surface area contributed by atoms with Gasteiger partial charge < -0.3 is 23.7 Å². The van der Waals surface area contributed by atoms with E-state index in [9.17, 15) is 14.4 Å². The lowest BCUT2D eigenvalue weighted by Crippen LogP contribution is -2.39. The first-order valence-corrected chi connectivity index (χ1v) is 11.3. The minimum atomic E-state index is -0.988. The molecule has 0 radical (unpaired) electrons. The summed E-state index contributed by atoms with van der Waals surface area (Å²) >= 11 is 3.43. The number of carbonyl (C=O) groups is 1. The number of benzene rings is 2. The van der Waals surface area contributed by atoms with Gasteiger partial charge in [0.05, 0.1) is 30.5 Å². The second kappa shape index (κ2) is 10.4. The van der Waals surface area contributed by atoms with Gasteiger partial charge in [-0.3, -0.25) is 9.78 Å². The first kappa shape index (κ1) is 24.6. The van der Waals surface area contributed by atoms with Crippen LogP contribution in [0.25, 0.3) is 5.69 Å². The number of H-pyrrole nitrogens is 1. The summed E-state index contributed by atoms with van der Waals surface area (Å²) in [5, 5.41) is 3.98. The zero-order chi connectivity index (χ0) is 25.1. The molecular weight excluding hydrogens is 526 g/mol. The van der Waals surface area contributed by atoms with Crippen molar-refractivity contribution in [2.75, 3.05) is 27.1 Å². The monoisotopic (exact) mass is 547 g/mol. The van der Waals surface area contributed by atoms with Gasteiger partial charge in [0.15, 0.2) is 0 Å². The third-order valence-corrected chi connectivity index (χ3v) is 5.72. The average molecular weight is 548 g/mol. The van der Waals surface area contributed by atoms with E-state index in [1.165, 1.54) is 0 Å². The van der Waals surface area contributed by atoms with E-state index in [0.29, 0.717) is 34.1 Å². The van der Waals surface area contributed by atoms with Gasteiger partial charge in [0, 0.05) is 0 Å². The van der Waals surface area contributed by atoms with Crippen LogP contribution >= 0.6 is 15.9 Å². The van der Waals surface area contributed by atoms with Crippen LogP contribution in [0.5, 0.6) is 17.2 Å². The number of nitrogens with zero attached hydrogens (tertiary/aromatic N) is 2. The van der Waals surface area contributed by atoms with Crippen LogP contribution in [-0.4, -0.2) is 54.0 Å². The van der Waals surface area contributed by atoms with Crippen molar-refractivity contribution in [3.8, 4) is 22.9 Å². The fourth-order valence-corrected chi connectivity index (χ4v) is 4.01. The summed E-state index contributed by atoms with van der Waals surface area (Å²) in [5.41, 5.74) is -0.577. The number of nitrogens with one attached hydrogen (secondary N) is 1. The lowest BCUT2D eigenvalue weighted by molar-refractivity contribution is -0.153. The second-order valence-electron chi connectivity index (χ2n) is 7.71. The number of esters is 1. The van der Waals surface area contributed by atoms with E-state index in [4.69, 9.17) is 23.7 Å². The fraction of sp³-hybridized carbons (Fsp3) is 0.304. The van der Waals surface area contributed by atoms with E-state index in [1.807, 2.05) is 0 Å². The molecule has 184 valence electrons. The molecule has 11 nitrogen and oxygen atoms in total. The lowest BCUT2D eigenvalue weighted by atomic mass is 10.1. The molecule has 0 amide bonds. The SMILES string of the molecule is COc1ccc(Oc2c(C)cc(-n3nc(C(=O)OC4COCOC4)c(=O)[nH]c3=O)cc2C)cc1Br. The van der Waals surface area contributed by atoms with Gasteiger partial charge in [0.1, 0.15) is 30.1 Å². The van der Waals surface area contributed by atoms with Crippen molar-refractivity contribution < 1.29 is 28.5 Å². The van der Waals surface area contributed by atoms with Crippen molar-refractivity contribution in [2.45, 2.75) is 20.0 Å². The molecule has 1 fully saturated rings. The summed E-state index contributed by atoms with van der Waals surface area (Å²) in [6, 6.07) is 8.63. The molecule has 0 atom stereocenters. The molecule has 0 spiro atoms. The van der Waals surface area contributed by atoms with E-state index in [0.717, 1.165) is 9.15 Å². The molecule has 1 aromatic heterocycles. The second-order valence-corrected chi connectivity index (χ2v) is 8.57. The Bertz CT molecular complexity index is 1350. The first-order chi connectivity index (χ1) is 16.8. The van der Waals surface area contributed by atoms with E-state index >= 15 is 0 Å². The largest absolute Gasteiger partial charge is 0.496 e. The Balaban J connectivity index is 1.64. The molecule has 12 heteroatoms.